The highest BCUT2D eigenvalue weighted by molar-refractivity contribution is 6.35. The molecular weight excluding hydrogens is 346 g/mol. The lowest BCUT2D eigenvalue weighted by molar-refractivity contribution is -0.110. The maximum absolute atomic E-state index is 12.7. The van der Waals surface area contributed by atoms with E-state index in [1.54, 1.807) is 24.3 Å². The van der Waals surface area contributed by atoms with Gasteiger partial charge in [-0.1, -0.05) is 0 Å². The molecule has 2 heterocycles. The van der Waals surface area contributed by atoms with Gasteiger partial charge in [-0.25, -0.2) is 0 Å². The molecule has 0 saturated carbocycles. The number of fused-ring (bicyclic) bond motifs is 1. The Morgan fingerprint density at radius 3 is 2.44 bits per heavy atom. The number of aromatic amines is 1. The van der Waals surface area contributed by atoms with Crippen LogP contribution in [0.2, 0.25) is 0 Å². The molecule has 1 aromatic heterocycles. The first-order chi connectivity index (χ1) is 12.9. The monoisotopic (exact) mass is 369 g/mol. The van der Waals surface area contributed by atoms with E-state index >= 15 is 0 Å². The normalized spacial score (nSPS) is 14.4. The number of nitrogens with one attached hydrogen (secondary N) is 2. The largest absolute Gasteiger partial charge is 0.395 e. The molecule has 1 aliphatic rings. The van der Waals surface area contributed by atoms with Crippen molar-refractivity contribution in [3.8, 4) is 0 Å². The van der Waals surface area contributed by atoms with E-state index in [-0.39, 0.29) is 38.1 Å². The highest BCUT2D eigenvalue weighted by atomic mass is 16.3. The number of nitrogens with zero attached hydrogens (tertiary/aromatic N) is 1. The minimum absolute atomic E-state index is 0.136. The molecule has 1 aliphatic heterocycles. The van der Waals surface area contributed by atoms with Crippen LogP contribution in [0.1, 0.15) is 32.9 Å². The molecule has 0 atom stereocenters. The second-order valence-corrected chi connectivity index (χ2v) is 6.56. The molecule has 2 aromatic rings. The van der Waals surface area contributed by atoms with Crippen molar-refractivity contribution in [1.82, 2.24) is 9.88 Å². The molecule has 2 amide bonds. The number of aliphatic hydroxyl groups excluding tert-OH is 2. The number of aliphatic hydroxyl groups is 2. The van der Waals surface area contributed by atoms with Gasteiger partial charge in [-0.2, -0.15) is 0 Å². The summed E-state index contributed by atoms with van der Waals surface area (Å²) in [6.07, 6.45) is 1.79. The zero-order valence-electron chi connectivity index (χ0n) is 15.4. The molecule has 0 bridgehead atoms. The first-order valence-electron chi connectivity index (χ1n) is 8.79. The summed E-state index contributed by atoms with van der Waals surface area (Å²) < 4.78 is 0. The minimum Gasteiger partial charge on any atom is -0.395 e. The quantitative estimate of drug-likeness (QED) is 0.580. The number of hydrogen-bond acceptors (Lipinski definition) is 4. The van der Waals surface area contributed by atoms with Gasteiger partial charge in [0.25, 0.3) is 11.8 Å². The Balaban J connectivity index is 1.98. The summed E-state index contributed by atoms with van der Waals surface area (Å²) in [5.41, 5.74) is 5.09. The number of amides is 2. The molecule has 4 N–H and O–H groups in total. The van der Waals surface area contributed by atoms with Gasteiger partial charge in [-0.05, 0) is 49.8 Å². The van der Waals surface area contributed by atoms with Crippen molar-refractivity contribution in [2.75, 3.05) is 31.6 Å². The lowest BCUT2D eigenvalue weighted by atomic mass is 10.0. The molecule has 0 spiro atoms. The Labute approximate surface area is 157 Å². The van der Waals surface area contributed by atoms with E-state index in [9.17, 15) is 9.59 Å². The summed E-state index contributed by atoms with van der Waals surface area (Å²) in [6.45, 7) is 3.81. The van der Waals surface area contributed by atoms with Crippen molar-refractivity contribution in [3.63, 3.8) is 0 Å². The third-order valence-electron chi connectivity index (χ3n) is 4.55. The molecule has 3 rings (SSSR count). The minimum atomic E-state index is -0.300. The summed E-state index contributed by atoms with van der Waals surface area (Å²) in [6, 6.07) is 7.01. The third kappa shape index (κ3) is 3.79. The van der Waals surface area contributed by atoms with E-state index in [1.165, 1.54) is 4.90 Å². The van der Waals surface area contributed by atoms with Crippen LogP contribution >= 0.6 is 0 Å². The van der Waals surface area contributed by atoms with Crippen LogP contribution in [0, 0.1) is 13.8 Å². The average molecular weight is 369 g/mol. The summed E-state index contributed by atoms with van der Waals surface area (Å²) in [5, 5.41) is 21.1. The van der Waals surface area contributed by atoms with Gasteiger partial charge in [0.05, 0.1) is 18.8 Å². The van der Waals surface area contributed by atoms with E-state index in [2.05, 4.69) is 10.3 Å². The topological polar surface area (TPSA) is 106 Å². The molecule has 7 nitrogen and oxygen atoms in total. The van der Waals surface area contributed by atoms with E-state index in [4.69, 9.17) is 10.2 Å². The summed E-state index contributed by atoms with van der Waals surface area (Å²) in [7, 11) is 0. The van der Waals surface area contributed by atoms with Gasteiger partial charge in [0.1, 0.15) is 0 Å². The molecule has 142 valence electrons. The number of anilines is 1. The molecule has 1 aromatic carbocycles. The number of aryl methyl sites for hydroxylation is 2. The fourth-order valence-electron chi connectivity index (χ4n) is 3.25. The van der Waals surface area contributed by atoms with Gasteiger partial charge in [0, 0.05) is 41.3 Å². The van der Waals surface area contributed by atoms with Gasteiger partial charge in [0.2, 0.25) is 0 Å². The van der Waals surface area contributed by atoms with Crippen molar-refractivity contribution >= 4 is 29.2 Å². The molecule has 0 fully saturated rings. The molecule has 27 heavy (non-hydrogen) atoms. The fraction of sp³-hybridized carbons (Fsp3) is 0.300. The lowest BCUT2D eigenvalue weighted by Gasteiger charge is -2.21. The van der Waals surface area contributed by atoms with Gasteiger partial charge >= 0.3 is 0 Å². The Morgan fingerprint density at radius 2 is 1.85 bits per heavy atom. The van der Waals surface area contributed by atoms with E-state index in [1.807, 2.05) is 19.9 Å². The number of rotatable bonds is 6. The number of hydrogen-bond donors (Lipinski definition) is 4. The van der Waals surface area contributed by atoms with E-state index in [0.29, 0.717) is 22.4 Å². The zero-order chi connectivity index (χ0) is 19.6. The summed E-state index contributed by atoms with van der Waals surface area (Å²) in [4.78, 5) is 29.7. The van der Waals surface area contributed by atoms with Crippen LogP contribution in [-0.2, 0) is 4.79 Å². The highest BCUT2D eigenvalue weighted by Gasteiger charge is 2.26. The van der Waals surface area contributed by atoms with Crippen molar-refractivity contribution in [2.45, 2.75) is 13.8 Å². The maximum atomic E-state index is 12.7. The molecule has 0 unspecified atom stereocenters. The van der Waals surface area contributed by atoms with Crippen LogP contribution in [0.5, 0.6) is 0 Å². The second-order valence-electron chi connectivity index (χ2n) is 6.56. The van der Waals surface area contributed by atoms with Gasteiger partial charge in [-0.3, -0.25) is 9.59 Å². The second kappa shape index (κ2) is 7.77. The van der Waals surface area contributed by atoms with Crippen molar-refractivity contribution in [3.05, 3.63) is 52.3 Å². The first kappa shape index (κ1) is 18.9. The number of H-pyrrole nitrogens is 1. The highest BCUT2D eigenvalue weighted by Crippen LogP contribution is 2.34. The number of aromatic nitrogens is 1. The average Bonchev–Trinajstić information content (AvgIpc) is 3.12. The molecule has 0 saturated heterocycles. The Kier molecular flexibility index (Phi) is 5.43. The van der Waals surface area contributed by atoms with Crippen molar-refractivity contribution in [2.24, 2.45) is 0 Å². The molecule has 0 aliphatic carbocycles. The third-order valence-corrected chi connectivity index (χ3v) is 4.55. The Hall–Kier alpha value is -2.90. The van der Waals surface area contributed by atoms with Crippen molar-refractivity contribution in [1.29, 1.82) is 0 Å². The van der Waals surface area contributed by atoms with E-state index < -0.39 is 0 Å². The molecule has 0 radical (unpaired) electrons. The van der Waals surface area contributed by atoms with Gasteiger partial charge in [0.15, 0.2) is 0 Å². The van der Waals surface area contributed by atoms with Crippen LogP contribution in [0.4, 0.5) is 5.69 Å². The first-order valence-corrected chi connectivity index (χ1v) is 8.79. The Morgan fingerprint density at radius 1 is 1.15 bits per heavy atom. The Bertz CT molecular complexity index is 908. The number of benzene rings is 1. The summed E-state index contributed by atoms with van der Waals surface area (Å²) >= 11 is 0. The van der Waals surface area contributed by atoms with Gasteiger partial charge < -0.3 is 25.4 Å². The van der Waals surface area contributed by atoms with Crippen LogP contribution in [0.3, 0.4) is 0 Å². The van der Waals surface area contributed by atoms with Crippen LogP contribution in [-0.4, -0.2) is 58.2 Å². The van der Waals surface area contributed by atoms with E-state index in [0.717, 1.165) is 17.0 Å². The number of carbonyl (C=O) groups is 2. The lowest BCUT2D eigenvalue weighted by Crippen LogP contribution is -2.35. The van der Waals surface area contributed by atoms with Gasteiger partial charge in [-0.15, -0.1) is 0 Å². The molecule has 7 heteroatoms. The maximum Gasteiger partial charge on any atom is 0.256 e. The van der Waals surface area contributed by atoms with Crippen LogP contribution in [0.25, 0.3) is 11.6 Å². The predicted octanol–water partition coefficient (Wildman–Crippen LogP) is 1.55. The van der Waals surface area contributed by atoms with Crippen LogP contribution < -0.4 is 5.32 Å². The standard InChI is InChI=1S/C20H23N3O4/c1-12-9-13(2)21-18(12)11-16-15-10-14(3-4-17(15)22-19(16)26)20(27)23(5-7-24)6-8-25/h3-4,9-11,21,24-25H,5-8H2,1-2H3,(H,22,26)/b16-11-. The summed E-state index contributed by atoms with van der Waals surface area (Å²) in [5.74, 6) is -0.518. The smallest absolute Gasteiger partial charge is 0.256 e. The zero-order valence-corrected chi connectivity index (χ0v) is 15.4. The molecular formula is C20H23N3O4. The number of carbonyl (C=O) groups excluding carboxylic acids is 2. The SMILES string of the molecule is Cc1cc(C)c(/C=C2\C(=O)Nc3ccc(C(=O)N(CCO)CCO)cc32)[nH]1. The van der Waals surface area contributed by atoms with Crippen molar-refractivity contribution < 1.29 is 19.8 Å². The fourth-order valence-corrected chi connectivity index (χ4v) is 3.25. The van der Waals surface area contributed by atoms with Crippen LogP contribution in [0.15, 0.2) is 24.3 Å². The predicted molar refractivity (Wildman–Crippen MR) is 103 cm³/mol.